The normalized spacial score (nSPS) is 15.4. The van der Waals surface area contributed by atoms with Crippen molar-refractivity contribution >= 4 is 46.5 Å². The Morgan fingerprint density at radius 2 is 1.66 bits per heavy atom. The first kappa shape index (κ1) is 26.2. The smallest absolute Gasteiger partial charge is 0.271 e. The minimum absolute atomic E-state index is 0.135. The number of thiazole rings is 1. The van der Waals surface area contributed by atoms with Gasteiger partial charge in [-0.2, -0.15) is 0 Å². The number of aromatic nitrogens is 1. The van der Waals surface area contributed by atoms with Gasteiger partial charge in [0, 0.05) is 34.8 Å². The highest BCUT2D eigenvalue weighted by molar-refractivity contribution is 7.07. The molecular weight excluding hydrogens is 541 g/mol. The quantitative estimate of drug-likeness (QED) is 0.302. The maximum absolute atomic E-state index is 13.8. The number of carbonyl (C=O) groups excluding carboxylic acids is 1. The fourth-order valence-electron chi connectivity index (χ4n) is 4.57. The van der Waals surface area contributed by atoms with Crippen molar-refractivity contribution in [3.05, 3.63) is 113 Å². The zero-order valence-corrected chi connectivity index (χ0v) is 23.4. The molecule has 6 nitrogen and oxygen atoms in total. The third-order valence-corrected chi connectivity index (χ3v) is 8.00. The molecule has 2 aromatic heterocycles. The second kappa shape index (κ2) is 10.8. The molecular formula is C29H25Cl2N3O3S. The molecule has 2 aromatic carbocycles. The van der Waals surface area contributed by atoms with E-state index < -0.39 is 6.04 Å². The predicted molar refractivity (Wildman–Crippen MR) is 152 cm³/mol. The first-order valence-corrected chi connectivity index (χ1v) is 13.8. The lowest BCUT2D eigenvalue weighted by molar-refractivity contribution is -0.127. The first-order chi connectivity index (χ1) is 18.3. The Morgan fingerprint density at radius 3 is 2.29 bits per heavy atom. The van der Waals surface area contributed by atoms with Gasteiger partial charge in [-0.25, -0.2) is 4.99 Å². The minimum Gasteiger partial charge on any atom is -0.457 e. The topological polar surface area (TPSA) is 67.8 Å². The Hall–Kier alpha value is -3.39. The van der Waals surface area contributed by atoms with E-state index in [-0.39, 0.29) is 11.5 Å². The zero-order chi connectivity index (χ0) is 27.0. The Morgan fingerprint density at radius 1 is 1.03 bits per heavy atom. The van der Waals surface area contributed by atoms with Gasteiger partial charge < -0.3 is 9.32 Å². The van der Waals surface area contributed by atoms with Crippen molar-refractivity contribution in [2.45, 2.75) is 26.8 Å². The number of allylic oxidation sites excluding steroid dienone is 1. The van der Waals surface area contributed by atoms with Crippen LogP contribution in [0.5, 0.6) is 0 Å². The maximum atomic E-state index is 13.8. The Bertz CT molecular complexity index is 1710. The van der Waals surface area contributed by atoms with Gasteiger partial charge in [0.1, 0.15) is 11.5 Å². The van der Waals surface area contributed by atoms with Crippen molar-refractivity contribution in [2.75, 3.05) is 13.1 Å². The van der Waals surface area contributed by atoms with E-state index in [1.807, 2.05) is 57.2 Å². The van der Waals surface area contributed by atoms with Crippen molar-refractivity contribution < 1.29 is 9.21 Å². The molecule has 0 bridgehead atoms. The number of benzene rings is 2. The highest BCUT2D eigenvalue weighted by Crippen LogP contribution is 2.32. The molecule has 0 aliphatic carbocycles. The molecule has 0 unspecified atom stereocenters. The molecule has 4 aromatic rings. The second-order valence-electron chi connectivity index (χ2n) is 8.82. The van der Waals surface area contributed by atoms with Crippen LogP contribution in [0.25, 0.3) is 17.4 Å². The molecule has 38 heavy (non-hydrogen) atoms. The summed E-state index contributed by atoms with van der Waals surface area (Å²) in [6.07, 6.45) is 1.72. The number of likely N-dealkylation sites (N-methyl/N-ethyl adjacent to an activating group) is 1. The predicted octanol–water partition coefficient (Wildman–Crippen LogP) is 5.67. The minimum atomic E-state index is -0.625. The highest BCUT2D eigenvalue weighted by atomic mass is 35.5. The molecule has 0 saturated carbocycles. The summed E-state index contributed by atoms with van der Waals surface area (Å²) in [7, 11) is 0. The standard InChI is InChI=1S/C29H25Cl2N3O3S/c1-4-33(5-2)28(36)25-17(3)32-29-34(26(25)19-8-12-21(31)13-9-19)27(35)24(38-29)16-22-14-15-23(37-22)18-6-10-20(30)11-7-18/h6-16,26H,4-5H2,1-3H3/b24-16+/t26-/m1/s1. The van der Waals surface area contributed by atoms with E-state index in [1.54, 1.807) is 39.8 Å². The number of hydrogen-bond donors (Lipinski definition) is 0. The van der Waals surface area contributed by atoms with Crippen LogP contribution in [-0.4, -0.2) is 28.5 Å². The van der Waals surface area contributed by atoms with Crippen molar-refractivity contribution in [1.82, 2.24) is 9.47 Å². The molecule has 5 rings (SSSR count). The van der Waals surface area contributed by atoms with Crippen LogP contribution < -0.4 is 14.9 Å². The van der Waals surface area contributed by atoms with Crippen molar-refractivity contribution in [3.63, 3.8) is 0 Å². The molecule has 0 saturated heterocycles. The summed E-state index contributed by atoms with van der Waals surface area (Å²) in [5.41, 5.74) is 2.51. The first-order valence-electron chi connectivity index (χ1n) is 12.2. The Balaban J connectivity index is 1.64. The van der Waals surface area contributed by atoms with Gasteiger partial charge in [0.15, 0.2) is 4.80 Å². The summed E-state index contributed by atoms with van der Waals surface area (Å²) in [4.78, 5) is 34.4. The summed E-state index contributed by atoms with van der Waals surface area (Å²) in [6, 6.07) is 17.6. The second-order valence-corrected chi connectivity index (χ2v) is 10.7. The Labute approximate surface area is 233 Å². The Kier molecular flexibility index (Phi) is 7.43. The maximum Gasteiger partial charge on any atom is 0.271 e. The van der Waals surface area contributed by atoms with E-state index in [4.69, 9.17) is 32.6 Å². The average molecular weight is 567 g/mol. The number of carbonyl (C=O) groups is 1. The van der Waals surface area contributed by atoms with Gasteiger partial charge in [0.05, 0.1) is 21.8 Å². The third-order valence-electron chi connectivity index (χ3n) is 6.52. The van der Waals surface area contributed by atoms with Gasteiger partial charge in [0.25, 0.3) is 11.5 Å². The number of halogens is 2. The SMILES string of the molecule is CCN(CC)C(=O)C1=C(C)N=c2s/c(=C/c3ccc(-c4ccc(Cl)cc4)o3)c(=O)n2[C@@H]1c1ccc(Cl)cc1. The summed E-state index contributed by atoms with van der Waals surface area (Å²) < 4.78 is 8.08. The lowest BCUT2D eigenvalue weighted by Gasteiger charge is -2.29. The lowest BCUT2D eigenvalue weighted by Crippen LogP contribution is -2.43. The van der Waals surface area contributed by atoms with E-state index in [9.17, 15) is 9.59 Å². The monoisotopic (exact) mass is 565 g/mol. The van der Waals surface area contributed by atoms with E-state index in [0.29, 0.717) is 55.3 Å². The van der Waals surface area contributed by atoms with Gasteiger partial charge in [-0.1, -0.05) is 46.7 Å². The number of furan rings is 1. The number of fused-ring (bicyclic) bond motifs is 1. The highest BCUT2D eigenvalue weighted by Gasteiger charge is 2.34. The third kappa shape index (κ3) is 4.89. The molecule has 0 fully saturated rings. The van der Waals surface area contributed by atoms with Crippen molar-refractivity contribution in [1.29, 1.82) is 0 Å². The van der Waals surface area contributed by atoms with Crippen LogP contribution >= 0.6 is 34.5 Å². The van der Waals surface area contributed by atoms with Crippen LogP contribution in [0.2, 0.25) is 10.0 Å². The van der Waals surface area contributed by atoms with Gasteiger partial charge >= 0.3 is 0 Å². The number of nitrogens with zero attached hydrogens (tertiary/aromatic N) is 3. The fourth-order valence-corrected chi connectivity index (χ4v) is 5.84. The molecule has 9 heteroatoms. The van der Waals surface area contributed by atoms with E-state index in [1.165, 1.54) is 11.3 Å². The van der Waals surface area contributed by atoms with Crippen LogP contribution in [-0.2, 0) is 4.79 Å². The van der Waals surface area contributed by atoms with Gasteiger partial charge in [-0.15, -0.1) is 0 Å². The number of rotatable bonds is 6. The summed E-state index contributed by atoms with van der Waals surface area (Å²) in [5.74, 6) is 1.07. The molecule has 1 amide bonds. The van der Waals surface area contributed by atoms with Crippen LogP contribution in [0.15, 0.2) is 86.1 Å². The molecule has 1 aliphatic heterocycles. The number of hydrogen-bond acceptors (Lipinski definition) is 5. The molecule has 1 aliphatic rings. The summed E-state index contributed by atoms with van der Waals surface area (Å²) in [5, 5.41) is 1.22. The largest absolute Gasteiger partial charge is 0.457 e. The molecule has 0 N–H and O–H groups in total. The van der Waals surface area contributed by atoms with Crippen molar-refractivity contribution in [3.8, 4) is 11.3 Å². The van der Waals surface area contributed by atoms with Gasteiger partial charge in [0.2, 0.25) is 0 Å². The zero-order valence-electron chi connectivity index (χ0n) is 21.1. The molecule has 3 heterocycles. The van der Waals surface area contributed by atoms with E-state index in [2.05, 4.69) is 0 Å². The fraction of sp³-hybridized carbons (Fsp3) is 0.207. The molecule has 0 radical (unpaired) electrons. The molecule has 1 atom stereocenters. The summed E-state index contributed by atoms with van der Waals surface area (Å²) in [6.45, 7) is 6.80. The van der Waals surface area contributed by atoms with Crippen LogP contribution in [0, 0.1) is 0 Å². The summed E-state index contributed by atoms with van der Waals surface area (Å²) >= 11 is 13.4. The average Bonchev–Trinajstić information content (AvgIpc) is 3.49. The molecule has 0 spiro atoms. The molecule has 194 valence electrons. The number of amides is 1. The van der Waals surface area contributed by atoms with E-state index in [0.717, 1.165) is 11.1 Å². The van der Waals surface area contributed by atoms with Crippen LogP contribution in [0.3, 0.4) is 0 Å². The van der Waals surface area contributed by atoms with Crippen LogP contribution in [0.1, 0.15) is 38.1 Å². The van der Waals surface area contributed by atoms with Crippen LogP contribution in [0.4, 0.5) is 0 Å². The van der Waals surface area contributed by atoms with E-state index >= 15 is 0 Å². The van der Waals surface area contributed by atoms with Gasteiger partial charge in [-0.3, -0.25) is 14.2 Å². The lowest BCUT2D eigenvalue weighted by atomic mass is 9.94. The van der Waals surface area contributed by atoms with Crippen molar-refractivity contribution in [2.24, 2.45) is 4.99 Å². The van der Waals surface area contributed by atoms with Gasteiger partial charge in [-0.05, 0) is 74.9 Å².